The van der Waals surface area contributed by atoms with Crippen LogP contribution in [0.3, 0.4) is 0 Å². The maximum atomic E-state index is 11.5. The number of carbonyl (C=O) groups excluding carboxylic acids is 1. The van der Waals surface area contributed by atoms with Crippen molar-refractivity contribution >= 4 is 11.7 Å². The molecule has 0 aliphatic rings. The Hall–Kier alpha value is -1.51. The number of hydrogen-bond acceptors (Lipinski definition) is 3. The highest BCUT2D eigenvalue weighted by atomic mass is 16.5. The van der Waals surface area contributed by atoms with Crippen LogP contribution in [0.15, 0.2) is 18.2 Å². The summed E-state index contributed by atoms with van der Waals surface area (Å²) in [6.07, 6.45) is 0. The van der Waals surface area contributed by atoms with Crippen molar-refractivity contribution < 1.29 is 9.53 Å². The van der Waals surface area contributed by atoms with Crippen LogP contribution in [0.2, 0.25) is 0 Å². The molecule has 0 radical (unpaired) electrons. The second-order valence-electron chi connectivity index (χ2n) is 5.38. The van der Waals surface area contributed by atoms with E-state index in [1.807, 2.05) is 19.1 Å². The molecular formula is C14H21NO2. The van der Waals surface area contributed by atoms with Crippen molar-refractivity contribution in [3.8, 4) is 0 Å². The number of rotatable bonds is 3. The summed E-state index contributed by atoms with van der Waals surface area (Å²) in [5.74, 6) is -0.290. The lowest BCUT2D eigenvalue weighted by atomic mass is 9.96. The van der Waals surface area contributed by atoms with Crippen LogP contribution in [0.25, 0.3) is 0 Å². The van der Waals surface area contributed by atoms with Crippen LogP contribution in [0.5, 0.6) is 0 Å². The first-order chi connectivity index (χ1) is 7.85. The normalized spacial score (nSPS) is 11.1. The number of carbonyl (C=O) groups is 1. The second kappa shape index (κ2) is 5.21. The zero-order chi connectivity index (χ0) is 13.1. The van der Waals surface area contributed by atoms with E-state index in [1.165, 1.54) is 7.11 Å². The number of ether oxygens (including phenoxy) is 1. The van der Waals surface area contributed by atoms with Gasteiger partial charge in [0.25, 0.3) is 0 Å². The van der Waals surface area contributed by atoms with E-state index in [1.54, 1.807) is 6.07 Å². The van der Waals surface area contributed by atoms with Crippen molar-refractivity contribution in [2.24, 2.45) is 5.41 Å². The van der Waals surface area contributed by atoms with E-state index >= 15 is 0 Å². The lowest BCUT2D eigenvalue weighted by molar-refractivity contribution is 0.0600. The van der Waals surface area contributed by atoms with Crippen molar-refractivity contribution in [1.82, 2.24) is 0 Å². The molecule has 0 amide bonds. The smallest absolute Gasteiger partial charge is 0.338 e. The van der Waals surface area contributed by atoms with E-state index in [-0.39, 0.29) is 11.4 Å². The summed E-state index contributed by atoms with van der Waals surface area (Å²) in [6.45, 7) is 9.29. The standard InChI is InChI=1S/C14H21NO2/c1-10-11(13(16)17-5)7-6-8-12(10)15-9-14(2,3)4/h6-8,15H,9H2,1-5H3. The summed E-state index contributed by atoms with van der Waals surface area (Å²) in [5, 5.41) is 3.36. The topological polar surface area (TPSA) is 38.3 Å². The molecule has 0 aliphatic heterocycles. The first-order valence-electron chi connectivity index (χ1n) is 5.77. The average Bonchev–Trinajstić information content (AvgIpc) is 2.25. The SMILES string of the molecule is COC(=O)c1cccc(NCC(C)(C)C)c1C. The molecule has 0 saturated heterocycles. The van der Waals surface area contributed by atoms with Crippen molar-refractivity contribution in [2.75, 3.05) is 19.0 Å². The maximum absolute atomic E-state index is 11.5. The highest BCUT2D eigenvalue weighted by Crippen LogP contribution is 2.22. The van der Waals surface area contributed by atoms with E-state index in [9.17, 15) is 4.79 Å². The third-order valence-electron chi connectivity index (χ3n) is 2.55. The van der Waals surface area contributed by atoms with E-state index in [2.05, 4.69) is 26.1 Å². The molecule has 0 fully saturated rings. The lowest BCUT2D eigenvalue weighted by Crippen LogP contribution is -2.20. The first kappa shape index (κ1) is 13.6. The van der Waals surface area contributed by atoms with Crippen molar-refractivity contribution in [3.63, 3.8) is 0 Å². The Balaban J connectivity index is 2.91. The molecule has 0 aliphatic carbocycles. The Morgan fingerprint density at radius 3 is 2.53 bits per heavy atom. The minimum Gasteiger partial charge on any atom is -0.465 e. The van der Waals surface area contributed by atoms with Gasteiger partial charge in [0, 0.05) is 12.2 Å². The summed E-state index contributed by atoms with van der Waals surface area (Å²) in [6, 6.07) is 5.63. The molecule has 1 rings (SSSR count). The minimum absolute atomic E-state index is 0.202. The molecule has 1 aromatic carbocycles. The van der Waals surface area contributed by atoms with E-state index in [4.69, 9.17) is 4.74 Å². The van der Waals surface area contributed by atoms with Gasteiger partial charge >= 0.3 is 5.97 Å². The fraction of sp³-hybridized carbons (Fsp3) is 0.500. The molecule has 0 unspecified atom stereocenters. The fourth-order valence-electron chi connectivity index (χ4n) is 1.52. The Morgan fingerprint density at radius 1 is 1.35 bits per heavy atom. The van der Waals surface area contributed by atoms with Crippen molar-refractivity contribution in [1.29, 1.82) is 0 Å². The van der Waals surface area contributed by atoms with Gasteiger partial charge in [-0.05, 0) is 30.0 Å². The molecule has 3 nitrogen and oxygen atoms in total. The Kier molecular flexibility index (Phi) is 4.16. The van der Waals surface area contributed by atoms with Crippen molar-refractivity contribution in [3.05, 3.63) is 29.3 Å². The molecule has 0 bridgehead atoms. The Bertz CT molecular complexity index is 405. The molecule has 0 aromatic heterocycles. The third-order valence-corrected chi connectivity index (χ3v) is 2.55. The number of nitrogens with one attached hydrogen (secondary N) is 1. The maximum Gasteiger partial charge on any atom is 0.338 e. The van der Waals surface area contributed by atoms with Gasteiger partial charge in [0.15, 0.2) is 0 Å². The number of hydrogen-bond donors (Lipinski definition) is 1. The molecule has 0 atom stereocenters. The molecule has 17 heavy (non-hydrogen) atoms. The second-order valence-corrected chi connectivity index (χ2v) is 5.38. The molecular weight excluding hydrogens is 214 g/mol. The molecule has 0 saturated carbocycles. The molecule has 0 heterocycles. The van der Waals surface area contributed by atoms with Gasteiger partial charge in [-0.1, -0.05) is 26.8 Å². The van der Waals surface area contributed by atoms with Crippen LogP contribution in [0, 0.1) is 12.3 Å². The van der Waals surface area contributed by atoms with Gasteiger partial charge in [-0.15, -0.1) is 0 Å². The number of methoxy groups -OCH3 is 1. The highest BCUT2D eigenvalue weighted by molar-refractivity contribution is 5.92. The summed E-state index contributed by atoms with van der Waals surface area (Å²) in [7, 11) is 1.40. The predicted octanol–water partition coefficient (Wildman–Crippen LogP) is 3.24. The van der Waals surface area contributed by atoms with E-state index in [0.717, 1.165) is 17.8 Å². The summed E-state index contributed by atoms with van der Waals surface area (Å²) >= 11 is 0. The van der Waals surface area contributed by atoms with Gasteiger partial charge < -0.3 is 10.1 Å². The van der Waals surface area contributed by atoms with Crippen LogP contribution < -0.4 is 5.32 Å². The van der Waals surface area contributed by atoms with E-state index < -0.39 is 0 Å². The third kappa shape index (κ3) is 3.77. The largest absolute Gasteiger partial charge is 0.465 e. The van der Waals surface area contributed by atoms with E-state index in [0.29, 0.717) is 5.56 Å². The fourth-order valence-corrected chi connectivity index (χ4v) is 1.52. The summed E-state index contributed by atoms with van der Waals surface area (Å²) in [4.78, 5) is 11.5. The van der Waals surface area contributed by atoms with Gasteiger partial charge in [-0.3, -0.25) is 0 Å². The molecule has 0 spiro atoms. The monoisotopic (exact) mass is 235 g/mol. The Labute approximate surface area is 103 Å². The van der Waals surface area contributed by atoms with Gasteiger partial charge in [0.2, 0.25) is 0 Å². The van der Waals surface area contributed by atoms with Crippen molar-refractivity contribution in [2.45, 2.75) is 27.7 Å². The molecule has 3 heteroatoms. The number of esters is 1. The molecule has 1 aromatic rings. The van der Waals surface area contributed by atoms with Gasteiger partial charge in [0.05, 0.1) is 12.7 Å². The van der Waals surface area contributed by atoms with Gasteiger partial charge in [-0.2, -0.15) is 0 Å². The highest BCUT2D eigenvalue weighted by Gasteiger charge is 2.14. The van der Waals surface area contributed by atoms with Gasteiger partial charge in [0.1, 0.15) is 0 Å². The number of anilines is 1. The van der Waals surface area contributed by atoms with Crippen LogP contribution in [-0.4, -0.2) is 19.6 Å². The van der Waals surface area contributed by atoms with Crippen LogP contribution >= 0.6 is 0 Å². The molecule has 1 N–H and O–H groups in total. The summed E-state index contributed by atoms with van der Waals surface area (Å²) in [5.41, 5.74) is 2.74. The molecule has 94 valence electrons. The zero-order valence-corrected chi connectivity index (χ0v) is 11.3. The zero-order valence-electron chi connectivity index (χ0n) is 11.3. The first-order valence-corrected chi connectivity index (χ1v) is 5.77. The number of benzene rings is 1. The Morgan fingerprint density at radius 2 is 2.00 bits per heavy atom. The van der Waals surface area contributed by atoms with Crippen LogP contribution in [0.1, 0.15) is 36.7 Å². The van der Waals surface area contributed by atoms with Crippen LogP contribution in [-0.2, 0) is 4.74 Å². The lowest BCUT2D eigenvalue weighted by Gasteiger charge is -2.21. The summed E-state index contributed by atoms with van der Waals surface area (Å²) < 4.78 is 4.75. The predicted molar refractivity (Wildman–Crippen MR) is 70.5 cm³/mol. The van der Waals surface area contributed by atoms with Gasteiger partial charge in [-0.25, -0.2) is 4.79 Å². The minimum atomic E-state index is -0.290. The average molecular weight is 235 g/mol. The van der Waals surface area contributed by atoms with Crippen LogP contribution in [0.4, 0.5) is 5.69 Å². The quantitative estimate of drug-likeness (QED) is 0.817.